The highest BCUT2D eigenvalue weighted by Crippen LogP contribution is 2.11. The van der Waals surface area contributed by atoms with Crippen LogP contribution in [0.15, 0.2) is 0 Å². The monoisotopic (exact) mass is 182 g/mol. The highest BCUT2D eigenvalue weighted by Gasteiger charge is 2.31. The van der Waals surface area contributed by atoms with Crippen LogP contribution in [0.1, 0.15) is 20.3 Å². The SMILES string of the molecule is CCC(C)N1NOS(=O)(=O)O1. The molecule has 66 valence electrons. The van der Waals surface area contributed by atoms with Crippen LogP contribution < -0.4 is 5.59 Å². The molecule has 1 N–H and O–H groups in total. The number of hydrogen-bond acceptors (Lipinski definition) is 6. The first-order valence-electron chi connectivity index (χ1n) is 3.23. The van der Waals surface area contributed by atoms with Crippen LogP contribution in [0.5, 0.6) is 0 Å². The number of hydrogen-bond donors (Lipinski definition) is 1. The largest absolute Gasteiger partial charge is 0.435 e. The zero-order chi connectivity index (χ0) is 8.48. The van der Waals surface area contributed by atoms with E-state index in [9.17, 15) is 8.42 Å². The quantitative estimate of drug-likeness (QED) is 0.633. The van der Waals surface area contributed by atoms with Gasteiger partial charge in [-0.1, -0.05) is 17.7 Å². The average molecular weight is 182 g/mol. The maximum Gasteiger partial charge on any atom is 0.435 e. The minimum atomic E-state index is -3.84. The van der Waals surface area contributed by atoms with E-state index in [-0.39, 0.29) is 6.04 Å². The fourth-order valence-corrected chi connectivity index (χ4v) is 1.11. The van der Waals surface area contributed by atoms with Gasteiger partial charge in [-0.05, 0) is 13.3 Å². The van der Waals surface area contributed by atoms with Crippen molar-refractivity contribution in [3.8, 4) is 0 Å². The Hall–Kier alpha value is -0.210. The fourth-order valence-electron chi connectivity index (χ4n) is 0.540. The summed E-state index contributed by atoms with van der Waals surface area (Å²) in [5.74, 6) is 0. The topological polar surface area (TPSA) is 67.9 Å². The second-order valence-corrected chi connectivity index (χ2v) is 3.37. The van der Waals surface area contributed by atoms with Gasteiger partial charge in [0, 0.05) is 0 Å². The Labute approximate surface area is 65.3 Å². The molecule has 0 bridgehead atoms. The van der Waals surface area contributed by atoms with E-state index in [1.165, 1.54) is 0 Å². The predicted molar refractivity (Wildman–Crippen MR) is 35.8 cm³/mol. The highest BCUT2D eigenvalue weighted by molar-refractivity contribution is 7.81. The summed E-state index contributed by atoms with van der Waals surface area (Å²) in [6.45, 7) is 3.71. The summed E-state index contributed by atoms with van der Waals surface area (Å²) in [5.41, 5.74) is 2.12. The van der Waals surface area contributed by atoms with Crippen LogP contribution in [0.3, 0.4) is 0 Å². The molecule has 1 aliphatic heterocycles. The third-order valence-corrected chi connectivity index (χ3v) is 2.01. The second kappa shape index (κ2) is 3.03. The molecule has 0 amide bonds. The van der Waals surface area contributed by atoms with Gasteiger partial charge < -0.3 is 0 Å². The van der Waals surface area contributed by atoms with Crippen LogP contribution >= 0.6 is 0 Å². The maximum atomic E-state index is 10.5. The van der Waals surface area contributed by atoms with Crippen molar-refractivity contribution in [3.63, 3.8) is 0 Å². The van der Waals surface area contributed by atoms with Gasteiger partial charge in [-0.2, -0.15) is 8.42 Å². The number of nitrogens with one attached hydrogen (secondary N) is 1. The molecule has 1 saturated heterocycles. The van der Waals surface area contributed by atoms with Crippen LogP contribution in [0.2, 0.25) is 0 Å². The van der Waals surface area contributed by atoms with Gasteiger partial charge in [0.1, 0.15) is 0 Å². The molecule has 1 unspecified atom stereocenters. The van der Waals surface area contributed by atoms with Gasteiger partial charge in [-0.15, -0.1) is 8.57 Å². The third-order valence-electron chi connectivity index (χ3n) is 1.39. The van der Waals surface area contributed by atoms with E-state index in [0.29, 0.717) is 0 Å². The van der Waals surface area contributed by atoms with Crippen molar-refractivity contribution < 1.29 is 17.0 Å². The van der Waals surface area contributed by atoms with E-state index in [1.807, 2.05) is 6.92 Å². The molecule has 1 rings (SSSR count). The van der Waals surface area contributed by atoms with Gasteiger partial charge >= 0.3 is 10.4 Å². The van der Waals surface area contributed by atoms with Crippen LogP contribution in [-0.4, -0.2) is 19.6 Å². The first-order chi connectivity index (χ1) is 5.05. The molecule has 11 heavy (non-hydrogen) atoms. The van der Waals surface area contributed by atoms with Crippen LogP contribution in [-0.2, 0) is 19.0 Å². The van der Waals surface area contributed by atoms with Crippen molar-refractivity contribution in [2.75, 3.05) is 0 Å². The number of rotatable bonds is 2. The zero-order valence-corrected chi connectivity index (χ0v) is 7.09. The zero-order valence-electron chi connectivity index (χ0n) is 6.27. The van der Waals surface area contributed by atoms with E-state index in [2.05, 4.69) is 14.2 Å². The van der Waals surface area contributed by atoms with E-state index in [1.54, 1.807) is 6.92 Å². The average Bonchev–Trinajstić information content (AvgIpc) is 2.29. The molecule has 0 aliphatic carbocycles. The van der Waals surface area contributed by atoms with Gasteiger partial charge in [0.25, 0.3) is 0 Å². The fraction of sp³-hybridized carbons (Fsp3) is 1.00. The number of hydrazine groups is 1. The molecule has 0 radical (unpaired) electrons. The van der Waals surface area contributed by atoms with Crippen molar-refractivity contribution in [2.45, 2.75) is 26.3 Å². The lowest BCUT2D eigenvalue weighted by Gasteiger charge is -2.15. The highest BCUT2D eigenvalue weighted by atomic mass is 32.3. The Kier molecular flexibility index (Phi) is 2.45. The standard InChI is InChI=1S/C4H10N2O4S/c1-3-4(2)6-5-9-11(7,8)10-6/h4-5H,3H2,1-2H3. The Morgan fingerprint density at radius 1 is 1.64 bits per heavy atom. The van der Waals surface area contributed by atoms with Crippen LogP contribution in [0.25, 0.3) is 0 Å². The normalized spacial score (nSPS) is 27.1. The molecular weight excluding hydrogens is 172 g/mol. The van der Waals surface area contributed by atoms with Crippen molar-refractivity contribution >= 4 is 10.4 Å². The van der Waals surface area contributed by atoms with Gasteiger partial charge in [-0.3, -0.25) is 0 Å². The molecule has 0 saturated carbocycles. The first kappa shape index (κ1) is 8.88. The van der Waals surface area contributed by atoms with Crippen LogP contribution in [0.4, 0.5) is 0 Å². The molecule has 1 fully saturated rings. The van der Waals surface area contributed by atoms with Crippen molar-refractivity contribution in [3.05, 3.63) is 0 Å². The lowest BCUT2D eigenvalue weighted by Crippen LogP contribution is -2.36. The molecule has 0 aromatic rings. The summed E-state index contributed by atoms with van der Waals surface area (Å²) in [6.07, 6.45) is 0.756. The Morgan fingerprint density at radius 2 is 2.27 bits per heavy atom. The van der Waals surface area contributed by atoms with Gasteiger partial charge in [0.15, 0.2) is 0 Å². The minimum Gasteiger partial charge on any atom is -0.166 e. The molecule has 0 aromatic carbocycles. The summed E-state index contributed by atoms with van der Waals surface area (Å²) in [6, 6.07) is -0.0488. The summed E-state index contributed by atoms with van der Waals surface area (Å²) in [7, 11) is -3.84. The van der Waals surface area contributed by atoms with Crippen LogP contribution in [0, 0.1) is 0 Å². The van der Waals surface area contributed by atoms with Gasteiger partial charge in [0.2, 0.25) is 0 Å². The minimum absolute atomic E-state index is 0.0488. The van der Waals surface area contributed by atoms with Gasteiger partial charge in [-0.25, -0.2) is 0 Å². The second-order valence-electron chi connectivity index (χ2n) is 2.24. The summed E-state index contributed by atoms with van der Waals surface area (Å²) in [5, 5.41) is 1.05. The number of hydroxylamine groups is 1. The molecule has 1 heterocycles. The molecule has 1 atom stereocenters. The van der Waals surface area contributed by atoms with Gasteiger partial charge in [0.05, 0.1) is 6.04 Å². The molecular formula is C4H10N2O4S. The molecule has 1 aliphatic rings. The van der Waals surface area contributed by atoms with Crippen molar-refractivity contribution in [2.24, 2.45) is 0 Å². The molecule has 0 spiro atoms. The lowest BCUT2D eigenvalue weighted by molar-refractivity contribution is -0.143. The molecule has 0 aromatic heterocycles. The van der Waals surface area contributed by atoms with E-state index in [0.717, 1.165) is 11.6 Å². The summed E-state index contributed by atoms with van der Waals surface area (Å²) >= 11 is 0. The van der Waals surface area contributed by atoms with E-state index >= 15 is 0 Å². The molecule has 7 heteroatoms. The number of nitrogens with zero attached hydrogens (tertiary/aromatic N) is 1. The van der Waals surface area contributed by atoms with Crippen molar-refractivity contribution in [1.29, 1.82) is 0 Å². The Bertz CT molecular complexity index is 226. The first-order valence-corrected chi connectivity index (χ1v) is 4.56. The Balaban J connectivity index is 2.55. The Morgan fingerprint density at radius 3 is 2.64 bits per heavy atom. The van der Waals surface area contributed by atoms with E-state index < -0.39 is 10.4 Å². The third kappa shape index (κ3) is 2.11. The predicted octanol–water partition coefficient (Wildman–Crippen LogP) is -0.287. The molecule has 6 nitrogen and oxygen atoms in total. The summed E-state index contributed by atoms with van der Waals surface area (Å²) in [4.78, 5) is 0. The van der Waals surface area contributed by atoms with E-state index in [4.69, 9.17) is 0 Å². The lowest BCUT2D eigenvalue weighted by atomic mass is 10.3. The smallest absolute Gasteiger partial charge is 0.166 e. The maximum absolute atomic E-state index is 10.5. The van der Waals surface area contributed by atoms with Crippen molar-refractivity contribution in [1.82, 2.24) is 10.8 Å². The summed E-state index contributed by atoms with van der Waals surface area (Å²) < 4.78 is 29.5.